The molecule has 0 saturated heterocycles. The number of nitrogens with one attached hydrogen (secondary N) is 1. The van der Waals surface area contributed by atoms with Gasteiger partial charge in [0.15, 0.2) is 5.82 Å². The lowest BCUT2D eigenvalue weighted by Gasteiger charge is -2.16. The van der Waals surface area contributed by atoms with E-state index in [-0.39, 0.29) is 11.5 Å². The zero-order chi connectivity index (χ0) is 23.8. The SMILES string of the molecule is Cc1ccccc1NC(=O)[C@@H](C)n1nc(C)c2nn(-c3ccccc3)c(-n3cccc3)c2c1=O. The first-order valence-corrected chi connectivity index (χ1v) is 11.0. The van der Waals surface area contributed by atoms with Gasteiger partial charge in [0, 0.05) is 18.1 Å². The van der Waals surface area contributed by atoms with Crippen molar-refractivity contribution in [1.29, 1.82) is 0 Å². The normalized spacial score (nSPS) is 12.1. The molecule has 1 amide bonds. The lowest BCUT2D eigenvalue weighted by molar-refractivity contribution is -0.119. The zero-order valence-corrected chi connectivity index (χ0v) is 19.1. The van der Waals surface area contributed by atoms with Crippen LogP contribution in [-0.2, 0) is 4.79 Å². The number of aromatic nitrogens is 5. The predicted octanol–water partition coefficient (Wildman–Crippen LogP) is 4.19. The molecule has 0 aliphatic rings. The number of rotatable bonds is 5. The number of nitrogens with zero attached hydrogens (tertiary/aromatic N) is 5. The molecule has 0 bridgehead atoms. The van der Waals surface area contributed by atoms with E-state index >= 15 is 0 Å². The molecule has 0 saturated carbocycles. The second kappa shape index (κ2) is 8.47. The fourth-order valence-electron chi connectivity index (χ4n) is 4.02. The Morgan fingerprint density at radius 1 is 0.912 bits per heavy atom. The van der Waals surface area contributed by atoms with Crippen LogP contribution in [0.3, 0.4) is 0 Å². The molecule has 1 atom stereocenters. The highest BCUT2D eigenvalue weighted by molar-refractivity contribution is 5.94. The van der Waals surface area contributed by atoms with Crippen LogP contribution in [0.15, 0.2) is 83.9 Å². The molecule has 0 aliphatic heterocycles. The molecule has 0 fully saturated rings. The first-order chi connectivity index (χ1) is 16.5. The summed E-state index contributed by atoms with van der Waals surface area (Å²) in [6, 6.07) is 20.1. The van der Waals surface area contributed by atoms with Gasteiger partial charge in [-0.15, -0.1) is 0 Å². The first kappa shape index (κ1) is 21.4. The van der Waals surface area contributed by atoms with E-state index in [9.17, 15) is 9.59 Å². The van der Waals surface area contributed by atoms with Crippen molar-refractivity contribution in [2.75, 3.05) is 5.32 Å². The molecule has 34 heavy (non-hydrogen) atoms. The first-order valence-electron chi connectivity index (χ1n) is 11.0. The van der Waals surface area contributed by atoms with Gasteiger partial charge in [0.05, 0.1) is 11.4 Å². The lowest BCUT2D eigenvalue weighted by atomic mass is 10.2. The maximum atomic E-state index is 13.8. The van der Waals surface area contributed by atoms with E-state index in [1.54, 1.807) is 18.5 Å². The van der Waals surface area contributed by atoms with Gasteiger partial charge in [-0.3, -0.25) is 9.59 Å². The molecule has 1 N–H and O–H groups in total. The number of carbonyl (C=O) groups excluding carboxylic acids is 1. The van der Waals surface area contributed by atoms with Gasteiger partial charge < -0.3 is 9.88 Å². The fraction of sp³-hybridized carbons (Fsp3) is 0.154. The van der Waals surface area contributed by atoms with Crippen molar-refractivity contribution in [3.8, 4) is 11.5 Å². The molecular formula is C26H24N6O2. The van der Waals surface area contributed by atoms with Gasteiger partial charge >= 0.3 is 0 Å². The van der Waals surface area contributed by atoms with E-state index in [1.807, 2.05) is 90.6 Å². The van der Waals surface area contributed by atoms with Crippen LogP contribution in [0.1, 0.15) is 24.2 Å². The standard InChI is InChI=1S/C26H24N6O2/c1-17-11-7-8-14-21(17)27-24(33)19(3)31-26(34)22-23(18(2)28-31)29-32(20-12-5-4-6-13-20)25(22)30-15-9-10-16-30/h4-16,19H,1-3H3,(H,27,33)/t19-/m1/s1. The molecule has 0 aliphatic carbocycles. The quantitative estimate of drug-likeness (QED) is 0.433. The van der Waals surface area contributed by atoms with Crippen LogP contribution < -0.4 is 10.9 Å². The Morgan fingerprint density at radius 3 is 2.29 bits per heavy atom. The number of amides is 1. The maximum Gasteiger partial charge on any atom is 0.280 e. The Kier molecular flexibility index (Phi) is 5.33. The van der Waals surface area contributed by atoms with Crippen molar-refractivity contribution in [1.82, 2.24) is 24.1 Å². The van der Waals surface area contributed by atoms with E-state index < -0.39 is 6.04 Å². The summed E-state index contributed by atoms with van der Waals surface area (Å²) in [5, 5.41) is 12.5. The van der Waals surface area contributed by atoms with Crippen LogP contribution in [0.25, 0.3) is 22.4 Å². The highest BCUT2D eigenvalue weighted by atomic mass is 16.2. The van der Waals surface area contributed by atoms with Crippen LogP contribution in [0.4, 0.5) is 5.69 Å². The van der Waals surface area contributed by atoms with E-state index in [0.29, 0.717) is 28.1 Å². The minimum Gasteiger partial charge on any atom is -0.324 e. The van der Waals surface area contributed by atoms with Gasteiger partial charge in [0.1, 0.15) is 16.9 Å². The summed E-state index contributed by atoms with van der Waals surface area (Å²) in [6.07, 6.45) is 3.73. The number of fused-ring (bicyclic) bond motifs is 1. The monoisotopic (exact) mass is 452 g/mol. The largest absolute Gasteiger partial charge is 0.324 e. The topological polar surface area (TPSA) is 86.7 Å². The van der Waals surface area contributed by atoms with Gasteiger partial charge in [0.2, 0.25) is 5.91 Å². The fourth-order valence-corrected chi connectivity index (χ4v) is 4.02. The Morgan fingerprint density at radius 2 is 1.59 bits per heavy atom. The number of para-hydroxylation sites is 2. The van der Waals surface area contributed by atoms with Gasteiger partial charge in [-0.05, 0) is 56.7 Å². The Bertz CT molecular complexity index is 1550. The summed E-state index contributed by atoms with van der Waals surface area (Å²) in [4.78, 5) is 26.8. The van der Waals surface area contributed by atoms with Crippen LogP contribution >= 0.6 is 0 Å². The van der Waals surface area contributed by atoms with E-state index in [4.69, 9.17) is 5.10 Å². The summed E-state index contributed by atoms with van der Waals surface area (Å²) < 4.78 is 4.84. The van der Waals surface area contributed by atoms with Crippen LogP contribution in [0.5, 0.6) is 0 Å². The number of hydrogen-bond donors (Lipinski definition) is 1. The molecule has 0 spiro atoms. The van der Waals surface area contributed by atoms with Crippen LogP contribution in [0.2, 0.25) is 0 Å². The van der Waals surface area contributed by atoms with Crippen molar-refractivity contribution < 1.29 is 4.79 Å². The van der Waals surface area contributed by atoms with Crippen LogP contribution in [-0.4, -0.2) is 30.0 Å². The molecule has 2 aromatic carbocycles. The minimum atomic E-state index is -0.826. The van der Waals surface area contributed by atoms with Crippen molar-refractivity contribution in [3.05, 3.63) is 101 Å². The summed E-state index contributed by atoms with van der Waals surface area (Å²) in [5.41, 5.74) is 3.15. The molecular weight excluding hydrogens is 428 g/mol. The van der Waals surface area contributed by atoms with Crippen LogP contribution in [0, 0.1) is 13.8 Å². The maximum absolute atomic E-state index is 13.8. The summed E-state index contributed by atoms with van der Waals surface area (Å²) in [6.45, 7) is 5.39. The third kappa shape index (κ3) is 3.59. The van der Waals surface area contributed by atoms with Gasteiger partial charge in [-0.2, -0.15) is 10.2 Å². The Balaban J connectivity index is 1.68. The zero-order valence-electron chi connectivity index (χ0n) is 19.1. The molecule has 0 radical (unpaired) electrons. The Labute approximate surface area is 196 Å². The summed E-state index contributed by atoms with van der Waals surface area (Å²) >= 11 is 0. The average Bonchev–Trinajstić information content (AvgIpc) is 3.51. The number of hydrogen-bond acceptors (Lipinski definition) is 4. The van der Waals surface area contributed by atoms with Crippen molar-refractivity contribution in [2.24, 2.45) is 0 Å². The number of anilines is 1. The molecule has 3 heterocycles. The van der Waals surface area contributed by atoms with E-state index in [0.717, 1.165) is 11.3 Å². The Hall–Kier alpha value is -4.46. The summed E-state index contributed by atoms with van der Waals surface area (Å²) in [7, 11) is 0. The second-order valence-electron chi connectivity index (χ2n) is 8.20. The second-order valence-corrected chi connectivity index (χ2v) is 8.20. The van der Waals surface area contributed by atoms with E-state index in [1.165, 1.54) is 4.68 Å². The molecule has 0 unspecified atom stereocenters. The third-order valence-corrected chi connectivity index (χ3v) is 5.88. The van der Waals surface area contributed by atoms with Gasteiger partial charge in [-0.1, -0.05) is 36.4 Å². The van der Waals surface area contributed by atoms with Crippen molar-refractivity contribution in [2.45, 2.75) is 26.8 Å². The minimum absolute atomic E-state index is 0.319. The van der Waals surface area contributed by atoms with Gasteiger partial charge in [-0.25, -0.2) is 9.36 Å². The lowest BCUT2D eigenvalue weighted by Crippen LogP contribution is -2.34. The molecule has 8 nitrogen and oxygen atoms in total. The third-order valence-electron chi connectivity index (χ3n) is 5.88. The smallest absolute Gasteiger partial charge is 0.280 e. The van der Waals surface area contributed by atoms with E-state index in [2.05, 4.69) is 10.4 Å². The number of carbonyl (C=O) groups is 1. The molecule has 8 heteroatoms. The number of aryl methyl sites for hydroxylation is 2. The molecule has 5 aromatic rings. The predicted molar refractivity (Wildman–Crippen MR) is 132 cm³/mol. The average molecular weight is 453 g/mol. The highest BCUT2D eigenvalue weighted by Crippen LogP contribution is 2.25. The summed E-state index contributed by atoms with van der Waals surface area (Å²) in [5.74, 6) is 0.280. The van der Waals surface area contributed by atoms with Crippen molar-refractivity contribution >= 4 is 22.5 Å². The molecule has 5 rings (SSSR count). The molecule has 3 aromatic heterocycles. The van der Waals surface area contributed by atoms with Gasteiger partial charge in [0.25, 0.3) is 5.56 Å². The number of benzene rings is 2. The molecule has 170 valence electrons. The van der Waals surface area contributed by atoms with Crippen molar-refractivity contribution in [3.63, 3.8) is 0 Å². The highest BCUT2D eigenvalue weighted by Gasteiger charge is 2.25.